The van der Waals surface area contributed by atoms with Crippen LogP contribution in [0.25, 0.3) is 10.2 Å². The van der Waals surface area contributed by atoms with Gasteiger partial charge in [0.2, 0.25) is 0 Å². The molecule has 0 aliphatic carbocycles. The Morgan fingerprint density at radius 3 is 2.86 bits per heavy atom. The van der Waals surface area contributed by atoms with Gasteiger partial charge in [-0.05, 0) is 37.1 Å². The Balaban J connectivity index is 1.33. The van der Waals surface area contributed by atoms with Crippen LogP contribution in [0.3, 0.4) is 0 Å². The lowest BCUT2D eigenvalue weighted by Crippen LogP contribution is -2.40. The molecule has 2 aromatic heterocycles. The van der Waals surface area contributed by atoms with E-state index in [9.17, 15) is 4.79 Å². The number of fused-ring (bicyclic) bond motifs is 1. The topological polar surface area (TPSA) is 58.6 Å². The van der Waals surface area contributed by atoms with E-state index in [1.807, 2.05) is 29.2 Å². The average Bonchev–Trinajstić information content (AvgIpc) is 3.24. The molecule has 0 radical (unpaired) electrons. The number of aromatic nitrogens is 2. The molecule has 2 saturated heterocycles. The Morgan fingerprint density at radius 2 is 2.00 bits per heavy atom. The summed E-state index contributed by atoms with van der Waals surface area (Å²) in [5, 5.41) is 1.14. The van der Waals surface area contributed by atoms with E-state index in [2.05, 4.69) is 22.0 Å². The lowest BCUT2D eigenvalue weighted by molar-refractivity contribution is 0.0701. The van der Waals surface area contributed by atoms with Crippen LogP contribution < -0.4 is 4.90 Å². The quantitative estimate of drug-likeness (QED) is 0.663. The average molecular weight is 409 g/mol. The van der Waals surface area contributed by atoms with Crippen LogP contribution in [0.15, 0.2) is 42.6 Å². The van der Waals surface area contributed by atoms with Gasteiger partial charge in [0.1, 0.15) is 5.69 Å². The Morgan fingerprint density at radius 1 is 1.14 bits per heavy atom. The third-order valence-corrected chi connectivity index (χ3v) is 6.91. The van der Waals surface area contributed by atoms with E-state index < -0.39 is 0 Å². The van der Waals surface area contributed by atoms with Gasteiger partial charge >= 0.3 is 0 Å². The Kier molecular flexibility index (Phi) is 5.16. The number of hydrogen-bond donors (Lipinski definition) is 0. The maximum atomic E-state index is 13.2. The second-order valence-corrected chi connectivity index (χ2v) is 8.67. The van der Waals surface area contributed by atoms with Crippen LogP contribution in [0.4, 0.5) is 5.69 Å². The minimum Gasteiger partial charge on any atom is -0.378 e. The number of amides is 1. The van der Waals surface area contributed by atoms with Gasteiger partial charge in [-0.3, -0.25) is 9.78 Å². The second kappa shape index (κ2) is 8.08. The molecule has 150 valence electrons. The first-order chi connectivity index (χ1) is 14.3. The van der Waals surface area contributed by atoms with Gasteiger partial charge in [-0.2, -0.15) is 0 Å². The number of likely N-dealkylation sites (tertiary alicyclic amines) is 1. The summed E-state index contributed by atoms with van der Waals surface area (Å²) in [4.78, 5) is 26.6. The fourth-order valence-electron chi connectivity index (χ4n) is 4.14. The molecule has 6 nitrogen and oxygen atoms in total. The molecule has 0 spiro atoms. The van der Waals surface area contributed by atoms with E-state index >= 15 is 0 Å². The predicted molar refractivity (Wildman–Crippen MR) is 115 cm³/mol. The zero-order valence-corrected chi connectivity index (χ0v) is 17.1. The van der Waals surface area contributed by atoms with Crippen LogP contribution in [0.2, 0.25) is 0 Å². The van der Waals surface area contributed by atoms with Crippen molar-refractivity contribution in [2.24, 2.45) is 0 Å². The molecule has 3 aromatic rings. The molecular formula is C22H24N4O2S. The zero-order chi connectivity index (χ0) is 19.6. The van der Waals surface area contributed by atoms with Crippen molar-refractivity contribution >= 4 is 33.1 Å². The van der Waals surface area contributed by atoms with E-state index in [-0.39, 0.29) is 5.91 Å². The van der Waals surface area contributed by atoms with E-state index in [1.54, 1.807) is 17.5 Å². The molecule has 1 amide bonds. The molecule has 1 atom stereocenters. The summed E-state index contributed by atoms with van der Waals surface area (Å²) in [5.41, 5.74) is 2.63. The molecular weight excluding hydrogens is 384 g/mol. The van der Waals surface area contributed by atoms with E-state index in [1.165, 1.54) is 4.70 Å². The Labute approximate surface area is 174 Å². The highest BCUT2D eigenvalue weighted by molar-refractivity contribution is 7.18. The molecule has 7 heteroatoms. The number of thiazole rings is 1. The molecule has 0 unspecified atom stereocenters. The van der Waals surface area contributed by atoms with Crippen LogP contribution in [0, 0.1) is 0 Å². The SMILES string of the molecule is O=C(c1cc(N2CCOCC2)ccn1)N1CCC[C@H](c2nc3ccccc3s2)C1. The molecule has 2 aliphatic rings. The zero-order valence-electron chi connectivity index (χ0n) is 16.3. The number of pyridine rings is 1. The standard InChI is InChI=1S/C22H24N4O2S/c27-22(19-14-17(7-8-23-19)25-10-12-28-13-11-25)26-9-3-4-16(15-26)21-24-18-5-1-2-6-20(18)29-21/h1-2,5-8,14,16H,3-4,9-13,15H2/t16-/m0/s1. The molecule has 29 heavy (non-hydrogen) atoms. The van der Waals surface area contributed by atoms with Crippen LogP contribution in [-0.2, 0) is 4.74 Å². The van der Waals surface area contributed by atoms with E-state index in [4.69, 9.17) is 9.72 Å². The summed E-state index contributed by atoms with van der Waals surface area (Å²) < 4.78 is 6.65. The smallest absolute Gasteiger partial charge is 0.272 e. The normalized spacial score (nSPS) is 20.2. The van der Waals surface area contributed by atoms with Crippen molar-refractivity contribution < 1.29 is 9.53 Å². The summed E-state index contributed by atoms with van der Waals surface area (Å²) in [5.74, 6) is 0.318. The summed E-state index contributed by atoms with van der Waals surface area (Å²) in [6, 6.07) is 12.1. The first-order valence-electron chi connectivity index (χ1n) is 10.2. The lowest BCUT2D eigenvalue weighted by atomic mass is 9.98. The number of anilines is 1. The predicted octanol–water partition coefficient (Wildman–Crippen LogP) is 3.55. The van der Waals surface area contributed by atoms with Gasteiger partial charge in [0.15, 0.2) is 0 Å². The molecule has 4 heterocycles. The van der Waals surface area contributed by atoms with E-state index in [0.717, 1.165) is 61.9 Å². The van der Waals surface area contributed by atoms with Crippen LogP contribution in [-0.4, -0.2) is 60.2 Å². The van der Waals surface area contributed by atoms with Gasteiger partial charge < -0.3 is 14.5 Å². The summed E-state index contributed by atoms with van der Waals surface area (Å²) >= 11 is 1.75. The third kappa shape index (κ3) is 3.84. The lowest BCUT2D eigenvalue weighted by Gasteiger charge is -2.32. The number of benzene rings is 1. The number of nitrogens with zero attached hydrogens (tertiary/aromatic N) is 4. The van der Waals surface area contributed by atoms with Gasteiger partial charge in [0.05, 0.1) is 28.4 Å². The van der Waals surface area contributed by atoms with Gasteiger partial charge in [-0.25, -0.2) is 4.98 Å². The van der Waals surface area contributed by atoms with Crippen molar-refractivity contribution in [1.29, 1.82) is 0 Å². The Hall–Kier alpha value is -2.51. The molecule has 0 N–H and O–H groups in total. The number of carbonyl (C=O) groups is 1. The van der Waals surface area contributed by atoms with Gasteiger partial charge in [-0.15, -0.1) is 11.3 Å². The largest absolute Gasteiger partial charge is 0.378 e. The van der Waals surface area contributed by atoms with Gasteiger partial charge in [0.25, 0.3) is 5.91 Å². The number of hydrogen-bond acceptors (Lipinski definition) is 6. The number of rotatable bonds is 3. The first-order valence-corrected chi connectivity index (χ1v) is 11.0. The number of para-hydroxylation sites is 1. The van der Waals surface area contributed by atoms with Crippen molar-refractivity contribution in [3.63, 3.8) is 0 Å². The second-order valence-electron chi connectivity index (χ2n) is 7.61. The molecule has 2 aliphatic heterocycles. The van der Waals surface area contributed by atoms with Crippen molar-refractivity contribution in [2.75, 3.05) is 44.3 Å². The molecule has 0 saturated carbocycles. The number of carbonyl (C=O) groups excluding carboxylic acids is 1. The van der Waals surface area contributed by atoms with Crippen LogP contribution >= 0.6 is 11.3 Å². The number of ether oxygens (including phenoxy) is 1. The van der Waals surface area contributed by atoms with Crippen LogP contribution in [0.5, 0.6) is 0 Å². The maximum absolute atomic E-state index is 13.2. The van der Waals surface area contributed by atoms with Gasteiger partial charge in [-0.1, -0.05) is 12.1 Å². The third-order valence-electron chi connectivity index (χ3n) is 5.71. The Bertz CT molecular complexity index is 982. The fourth-order valence-corrected chi connectivity index (χ4v) is 5.24. The van der Waals surface area contributed by atoms with Crippen molar-refractivity contribution in [2.45, 2.75) is 18.8 Å². The summed E-state index contributed by atoms with van der Waals surface area (Å²) in [7, 11) is 0. The highest BCUT2D eigenvalue weighted by Crippen LogP contribution is 2.33. The summed E-state index contributed by atoms with van der Waals surface area (Å²) in [6.45, 7) is 4.64. The van der Waals surface area contributed by atoms with Crippen molar-refractivity contribution in [1.82, 2.24) is 14.9 Å². The van der Waals surface area contributed by atoms with Crippen LogP contribution in [0.1, 0.15) is 34.3 Å². The monoisotopic (exact) mass is 408 g/mol. The molecule has 5 rings (SSSR count). The van der Waals surface area contributed by atoms with Crippen molar-refractivity contribution in [3.8, 4) is 0 Å². The molecule has 1 aromatic carbocycles. The van der Waals surface area contributed by atoms with Crippen molar-refractivity contribution in [3.05, 3.63) is 53.3 Å². The molecule has 2 fully saturated rings. The van der Waals surface area contributed by atoms with E-state index in [0.29, 0.717) is 18.2 Å². The number of morpholine rings is 1. The maximum Gasteiger partial charge on any atom is 0.272 e. The highest BCUT2D eigenvalue weighted by atomic mass is 32.1. The highest BCUT2D eigenvalue weighted by Gasteiger charge is 2.28. The number of piperidine rings is 1. The fraction of sp³-hybridized carbons (Fsp3) is 0.409. The first kappa shape index (κ1) is 18.5. The minimum absolute atomic E-state index is 0.0194. The molecule has 0 bridgehead atoms. The minimum atomic E-state index is 0.0194. The van der Waals surface area contributed by atoms with Gasteiger partial charge in [0, 0.05) is 44.0 Å². The summed E-state index contributed by atoms with van der Waals surface area (Å²) in [6.07, 6.45) is 3.81.